The van der Waals surface area contributed by atoms with Gasteiger partial charge in [-0.3, -0.25) is 0 Å². The SMILES string of the molecule is Cc1cccc2oc(=O)c3c(c12)O[C@H]1C=CC[C@H]1C3. The first-order valence-corrected chi connectivity index (χ1v) is 6.62. The minimum absolute atomic E-state index is 0.108. The number of allylic oxidation sites excluding steroid dienone is 1. The smallest absolute Gasteiger partial charge is 0.343 e. The lowest BCUT2D eigenvalue weighted by atomic mass is 9.91. The molecule has 1 aromatic heterocycles. The zero-order chi connectivity index (χ0) is 13.0. The molecule has 0 saturated heterocycles. The summed E-state index contributed by atoms with van der Waals surface area (Å²) < 4.78 is 11.5. The van der Waals surface area contributed by atoms with Gasteiger partial charge in [0.1, 0.15) is 17.4 Å². The topological polar surface area (TPSA) is 39.4 Å². The number of rotatable bonds is 0. The quantitative estimate of drug-likeness (QED) is 0.536. The normalized spacial score (nSPS) is 24.1. The van der Waals surface area contributed by atoms with Crippen molar-refractivity contribution in [3.63, 3.8) is 0 Å². The van der Waals surface area contributed by atoms with Gasteiger partial charge in [-0.15, -0.1) is 0 Å². The van der Waals surface area contributed by atoms with Crippen LogP contribution in [0.15, 0.2) is 39.6 Å². The van der Waals surface area contributed by atoms with Gasteiger partial charge in [0.05, 0.1) is 10.9 Å². The van der Waals surface area contributed by atoms with E-state index in [-0.39, 0.29) is 11.7 Å². The van der Waals surface area contributed by atoms with Crippen molar-refractivity contribution in [2.24, 2.45) is 5.92 Å². The Morgan fingerprint density at radius 1 is 1.32 bits per heavy atom. The molecule has 4 rings (SSSR count). The first kappa shape index (κ1) is 10.9. The molecule has 0 saturated carbocycles. The molecule has 3 nitrogen and oxygen atoms in total. The molecule has 0 bridgehead atoms. The van der Waals surface area contributed by atoms with E-state index in [0.717, 1.165) is 29.5 Å². The average molecular weight is 254 g/mol. The number of ether oxygens (including phenoxy) is 1. The molecular formula is C16H14O3. The molecule has 2 aliphatic rings. The molecular weight excluding hydrogens is 240 g/mol. The summed E-state index contributed by atoms with van der Waals surface area (Å²) in [6.45, 7) is 2.02. The second-order valence-corrected chi connectivity index (χ2v) is 5.36. The van der Waals surface area contributed by atoms with Crippen LogP contribution < -0.4 is 10.4 Å². The molecule has 2 heterocycles. The van der Waals surface area contributed by atoms with Gasteiger partial charge in [-0.2, -0.15) is 0 Å². The second kappa shape index (κ2) is 3.73. The van der Waals surface area contributed by atoms with Gasteiger partial charge in [0, 0.05) is 5.92 Å². The highest BCUT2D eigenvalue weighted by Gasteiger charge is 2.34. The Balaban J connectivity index is 2.04. The van der Waals surface area contributed by atoms with Gasteiger partial charge in [0.25, 0.3) is 0 Å². The van der Waals surface area contributed by atoms with Crippen LogP contribution in [0, 0.1) is 12.8 Å². The van der Waals surface area contributed by atoms with Crippen LogP contribution in [0.4, 0.5) is 0 Å². The predicted molar refractivity (Wildman–Crippen MR) is 72.6 cm³/mol. The van der Waals surface area contributed by atoms with Crippen molar-refractivity contribution in [1.29, 1.82) is 0 Å². The molecule has 1 aliphatic heterocycles. The molecule has 2 atom stereocenters. The van der Waals surface area contributed by atoms with Gasteiger partial charge in [-0.25, -0.2) is 4.79 Å². The summed E-state index contributed by atoms with van der Waals surface area (Å²) in [5.41, 5.74) is 2.15. The Labute approximate surface area is 110 Å². The molecule has 0 amide bonds. The Kier molecular flexibility index (Phi) is 2.13. The highest BCUT2D eigenvalue weighted by molar-refractivity contribution is 5.88. The van der Waals surface area contributed by atoms with Crippen LogP contribution >= 0.6 is 0 Å². The molecule has 1 aliphatic carbocycles. The van der Waals surface area contributed by atoms with Crippen LogP contribution in [-0.4, -0.2) is 6.10 Å². The monoisotopic (exact) mass is 254 g/mol. The summed E-state index contributed by atoms with van der Waals surface area (Å²) in [6.07, 6.45) is 6.08. The minimum Gasteiger partial charge on any atom is -0.485 e. The van der Waals surface area contributed by atoms with E-state index < -0.39 is 0 Å². The van der Waals surface area contributed by atoms with E-state index in [1.54, 1.807) is 0 Å². The van der Waals surface area contributed by atoms with Crippen LogP contribution in [0.5, 0.6) is 5.75 Å². The van der Waals surface area contributed by atoms with Gasteiger partial charge in [0.15, 0.2) is 0 Å². The molecule has 0 N–H and O–H groups in total. The largest absolute Gasteiger partial charge is 0.485 e. The Hall–Kier alpha value is -2.03. The van der Waals surface area contributed by atoms with E-state index in [4.69, 9.17) is 9.15 Å². The van der Waals surface area contributed by atoms with Crippen molar-refractivity contribution < 1.29 is 9.15 Å². The maximum Gasteiger partial charge on any atom is 0.343 e. The van der Waals surface area contributed by atoms with Crippen molar-refractivity contribution in [1.82, 2.24) is 0 Å². The van der Waals surface area contributed by atoms with Crippen molar-refractivity contribution in [2.45, 2.75) is 25.9 Å². The summed E-state index contributed by atoms with van der Waals surface area (Å²) in [6, 6.07) is 5.74. The molecule has 19 heavy (non-hydrogen) atoms. The van der Waals surface area contributed by atoms with E-state index in [9.17, 15) is 4.79 Å². The molecule has 0 fully saturated rings. The van der Waals surface area contributed by atoms with E-state index in [0.29, 0.717) is 17.1 Å². The number of benzene rings is 1. The zero-order valence-corrected chi connectivity index (χ0v) is 10.7. The fourth-order valence-corrected chi connectivity index (χ4v) is 3.14. The minimum atomic E-state index is -0.251. The number of hydrogen-bond donors (Lipinski definition) is 0. The maximum absolute atomic E-state index is 12.1. The van der Waals surface area contributed by atoms with E-state index in [2.05, 4.69) is 12.2 Å². The van der Waals surface area contributed by atoms with Crippen LogP contribution in [0.25, 0.3) is 11.0 Å². The average Bonchev–Trinajstić information content (AvgIpc) is 2.84. The standard InChI is InChI=1S/C16H14O3/c1-9-4-2-7-13-14(9)15-11(16(17)19-13)8-10-5-3-6-12(10)18-15/h2-4,6-7,10,12H,5,8H2,1H3/t10-,12-/m0/s1. The van der Waals surface area contributed by atoms with Gasteiger partial charge < -0.3 is 9.15 Å². The van der Waals surface area contributed by atoms with Crippen LogP contribution in [0.3, 0.4) is 0 Å². The fourth-order valence-electron chi connectivity index (χ4n) is 3.14. The summed E-state index contributed by atoms with van der Waals surface area (Å²) in [7, 11) is 0. The molecule has 0 radical (unpaired) electrons. The van der Waals surface area contributed by atoms with Crippen LogP contribution in [0.2, 0.25) is 0 Å². The second-order valence-electron chi connectivity index (χ2n) is 5.36. The number of aryl methyl sites for hydroxylation is 1. The molecule has 3 heteroatoms. The van der Waals surface area contributed by atoms with E-state index in [1.165, 1.54) is 0 Å². The summed E-state index contributed by atoms with van der Waals surface area (Å²) in [5.74, 6) is 1.12. The number of hydrogen-bond acceptors (Lipinski definition) is 3. The van der Waals surface area contributed by atoms with Crippen molar-refractivity contribution in [3.8, 4) is 5.75 Å². The third-order valence-electron chi connectivity index (χ3n) is 4.13. The zero-order valence-electron chi connectivity index (χ0n) is 10.7. The Morgan fingerprint density at radius 2 is 2.21 bits per heavy atom. The summed E-state index contributed by atoms with van der Waals surface area (Å²) >= 11 is 0. The maximum atomic E-state index is 12.1. The summed E-state index contributed by atoms with van der Waals surface area (Å²) in [5, 5.41) is 0.941. The molecule has 0 unspecified atom stereocenters. The molecule has 0 spiro atoms. The highest BCUT2D eigenvalue weighted by atomic mass is 16.5. The van der Waals surface area contributed by atoms with E-state index in [1.807, 2.05) is 25.1 Å². The molecule has 2 aromatic rings. The van der Waals surface area contributed by atoms with Crippen LogP contribution in [0.1, 0.15) is 17.5 Å². The van der Waals surface area contributed by atoms with Gasteiger partial charge in [-0.1, -0.05) is 18.2 Å². The predicted octanol–water partition coefficient (Wildman–Crippen LogP) is 2.98. The third kappa shape index (κ3) is 1.47. The van der Waals surface area contributed by atoms with Crippen molar-refractivity contribution in [2.75, 3.05) is 0 Å². The van der Waals surface area contributed by atoms with Gasteiger partial charge in [0.2, 0.25) is 0 Å². The lowest BCUT2D eigenvalue weighted by molar-refractivity contribution is 0.166. The van der Waals surface area contributed by atoms with Crippen LogP contribution in [-0.2, 0) is 6.42 Å². The first-order chi connectivity index (χ1) is 9.24. The number of fused-ring (bicyclic) bond motifs is 4. The fraction of sp³-hybridized carbons (Fsp3) is 0.312. The lowest BCUT2D eigenvalue weighted by Crippen LogP contribution is -2.31. The molecule has 96 valence electrons. The van der Waals surface area contributed by atoms with Gasteiger partial charge >= 0.3 is 5.63 Å². The highest BCUT2D eigenvalue weighted by Crippen LogP contribution is 2.39. The third-order valence-corrected chi connectivity index (χ3v) is 4.13. The van der Waals surface area contributed by atoms with E-state index >= 15 is 0 Å². The lowest BCUT2D eigenvalue weighted by Gasteiger charge is -2.28. The van der Waals surface area contributed by atoms with Crippen molar-refractivity contribution in [3.05, 3.63) is 51.9 Å². The molecule has 1 aromatic carbocycles. The van der Waals surface area contributed by atoms with Gasteiger partial charge in [-0.05, 0) is 37.5 Å². The Morgan fingerprint density at radius 3 is 3.11 bits per heavy atom. The first-order valence-electron chi connectivity index (χ1n) is 6.62. The summed E-state index contributed by atoms with van der Waals surface area (Å²) in [4.78, 5) is 12.1. The van der Waals surface area contributed by atoms with Crippen molar-refractivity contribution >= 4 is 11.0 Å². The Bertz CT molecular complexity index is 754.